The molecule has 3 aromatic rings. The Labute approximate surface area is 129 Å². The molecule has 0 amide bonds. The van der Waals surface area contributed by atoms with Gasteiger partial charge in [0.1, 0.15) is 6.33 Å². The van der Waals surface area contributed by atoms with Gasteiger partial charge in [0.25, 0.3) is 10.0 Å². The molecule has 6 heteroatoms. The number of hydrogen-bond acceptors (Lipinski definition) is 4. The predicted octanol–water partition coefficient (Wildman–Crippen LogP) is 3.05. The first-order valence-electron chi connectivity index (χ1n) is 6.77. The van der Waals surface area contributed by atoms with Crippen LogP contribution >= 0.6 is 0 Å². The molecule has 0 aliphatic rings. The SMILES string of the molecule is Cc1ccc(S(=O)(=O)Nc2ncnc3ccccc23)cc1C. The third kappa shape index (κ3) is 2.65. The number of anilines is 1. The van der Waals surface area contributed by atoms with E-state index in [1.54, 1.807) is 24.3 Å². The normalized spacial score (nSPS) is 11.5. The van der Waals surface area contributed by atoms with E-state index in [1.807, 2.05) is 32.0 Å². The highest BCUT2D eigenvalue weighted by Crippen LogP contribution is 2.22. The van der Waals surface area contributed by atoms with Crippen LogP contribution in [0.2, 0.25) is 0 Å². The third-order valence-electron chi connectivity index (χ3n) is 3.56. The molecule has 3 rings (SSSR count). The van der Waals surface area contributed by atoms with Crippen LogP contribution in [0, 0.1) is 13.8 Å². The molecule has 112 valence electrons. The molecule has 0 aliphatic heterocycles. The number of hydrogen-bond donors (Lipinski definition) is 1. The van der Waals surface area contributed by atoms with Crippen LogP contribution in [0.3, 0.4) is 0 Å². The molecule has 0 fully saturated rings. The van der Waals surface area contributed by atoms with E-state index in [2.05, 4.69) is 14.7 Å². The highest BCUT2D eigenvalue weighted by molar-refractivity contribution is 7.92. The number of sulfonamides is 1. The van der Waals surface area contributed by atoms with Crippen LogP contribution in [-0.2, 0) is 10.0 Å². The zero-order valence-electron chi connectivity index (χ0n) is 12.2. The van der Waals surface area contributed by atoms with Gasteiger partial charge in [0.15, 0.2) is 5.82 Å². The van der Waals surface area contributed by atoms with Gasteiger partial charge < -0.3 is 0 Å². The molecule has 1 N–H and O–H groups in total. The van der Waals surface area contributed by atoms with E-state index >= 15 is 0 Å². The summed E-state index contributed by atoms with van der Waals surface area (Å²) in [5.74, 6) is 0.281. The molecule has 0 saturated heterocycles. The van der Waals surface area contributed by atoms with E-state index in [0.29, 0.717) is 10.9 Å². The Kier molecular flexibility index (Phi) is 3.54. The number of benzene rings is 2. The molecule has 0 aliphatic carbocycles. The van der Waals surface area contributed by atoms with Crippen molar-refractivity contribution in [3.05, 3.63) is 59.9 Å². The molecule has 0 bridgehead atoms. The summed E-state index contributed by atoms with van der Waals surface area (Å²) in [6.45, 7) is 3.82. The summed E-state index contributed by atoms with van der Waals surface area (Å²) in [5.41, 5.74) is 2.66. The van der Waals surface area contributed by atoms with E-state index in [0.717, 1.165) is 11.1 Å². The maximum Gasteiger partial charge on any atom is 0.263 e. The van der Waals surface area contributed by atoms with Gasteiger partial charge in [0, 0.05) is 5.39 Å². The molecule has 0 saturated carbocycles. The van der Waals surface area contributed by atoms with Gasteiger partial charge in [0.2, 0.25) is 0 Å². The van der Waals surface area contributed by atoms with Gasteiger partial charge in [-0.3, -0.25) is 4.72 Å². The van der Waals surface area contributed by atoms with Crippen LogP contribution in [-0.4, -0.2) is 18.4 Å². The van der Waals surface area contributed by atoms with Crippen LogP contribution in [0.15, 0.2) is 53.7 Å². The molecular formula is C16H15N3O2S. The second-order valence-electron chi connectivity index (χ2n) is 5.09. The topological polar surface area (TPSA) is 72.0 Å². The minimum absolute atomic E-state index is 0.221. The molecule has 0 unspecified atom stereocenters. The van der Waals surface area contributed by atoms with Gasteiger partial charge >= 0.3 is 0 Å². The number of aromatic nitrogens is 2. The van der Waals surface area contributed by atoms with Crippen LogP contribution in [0.5, 0.6) is 0 Å². The molecule has 2 aromatic carbocycles. The van der Waals surface area contributed by atoms with Crippen molar-refractivity contribution in [3.8, 4) is 0 Å². The minimum atomic E-state index is -3.68. The maximum absolute atomic E-state index is 12.5. The Morgan fingerprint density at radius 1 is 0.955 bits per heavy atom. The smallest absolute Gasteiger partial charge is 0.263 e. The quantitative estimate of drug-likeness (QED) is 0.806. The first-order valence-corrected chi connectivity index (χ1v) is 8.25. The Morgan fingerprint density at radius 2 is 1.73 bits per heavy atom. The third-order valence-corrected chi connectivity index (χ3v) is 4.90. The van der Waals surface area contributed by atoms with Crippen molar-refractivity contribution in [1.29, 1.82) is 0 Å². The van der Waals surface area contributed by atoms with Crippen molar-refractivity contribution >= 4 is 26.7 Å². The summed E-state index contributed by atoms with van der Waals surface area (Å²) in [6.07, 6.45) is 1.35. The summed E-state index contributed by atoms with van der Waals surface area (Å²) < 4.78 is 27.6. The van der Waals surface area contributed by atoms with Crippen molar-refractivity contribution in [2.45, 2.75) is 18.7 Å². The maximum atomic E-state index is 12.5. The van der Waals surface area contributed by atoms with Crippen LogP contribution in [0.1, 0.15) is 11.1 Å². The number of fused-ring (bicyclic) bond motifs is 1. The van der Waals surface area contributed by atoms with Gasteiger partial charge in [-0.05, 0) is 49.2 Å². The molecule has 0 radical (unpaired) electrons. The van der Waals surface area contributed by atoms with E-state index in [4.69, 9.17) is 0 Å². The highest BCUT2D eigenvalue weighted by Gasteiger charge is 2.17. The lowest BCUT2D eigenvalue weighted by Gasteiger charge is -2.10. The largest absolute Gasteiger partial charge is 0.263 e. The van der Waals surface area contributed by atoms with Crippen molar-refractivity contribution in [3.63, 3.8) is 0 Å². The highest BCUT2D eigenvalue weighted by atomic mass is 32.2. The van der Waals surface area contributed by atoms with E-state index in [1.165, 1.54) is 6.33 Å². The molecule has 0 spiro atoms. The standard InChI is InChI=1S/C16H15N3O2S/c1-11-7-8-13(9-12(11)2)22(20,21)19-16-14-5-3-4-6-15(14)17-10-18-16/h3-10H,1-2H3,(H,17,18,19). The summed E-state index contributed by atoms with van der Waals surface area (Å²) in [4.78, 5) is 8.40. The van der Waals surface area contributed by atoms with Gasteiger partial charge in [0.05, 0.1) is 10.4 Å². The van der Waals surface area contributed by atoms with Crippen molar-refractivity contribution in [2.75, 3.05) is 4.72 Å². The summed E-state index contributed by atoms with van der Waals surface area (Å²) in [6, 6.07) is 12.3. The summed E-state index contributed by atoms with van der Waals surface area (Å²) in [7, 11) is -3.68. The number of aryl methyl sites for hydroxylation is 2. The minimum Gasteiger partial charge on any atom is -0.263 e. The van der Waals surface area contributed by atoms with Crippen molar-refractivity contribution < 1.29 is 8.42 Å². The second-order valence-corrected chi connectivity index (χ2v) is 6.77. The molecule has 22 heavy (non-hydrogen) atoms. The Morgan fingerprint density at radius 3 is 2.50 bits per heavy atom. The van der Waals surface area contributed by atoms with Crippen LogP contribution in [0.25, 0.3) is 10.9 Å². The number of para-hydroxylation sites is 1. The van der Waals surface area contributed by atoms with E-state index < -0.39 is 10.0 Å². The summed E-state index contributed by atoms with van der Waals surface area (Å²) >= 11 is 0. The predicted molar refractivity (Wildman–Crippen MR) is 86.3 cm³/mol. The fourth-order valence-electron chi connectivity index (χ4n) is 2.15. The first-order chi connectivity index (χ1) is 10.5. The first kappa shape index (κ1) is 14.5. The Balaban J connectivity index is 2.05. The Hall–Kier alpha value is -2.47. The van der Waals surface area contributed by atoms with Gasteiger partial charge in [-0.15, -0.1) is 0 Å². The van der Waals surface area contributed by atoms with E-state index in [9.17, 15) is 8.42 Å². The number of rotatable bonds is 3. The fraction of sp³-hybridized carbons (Fsp3) is 0.125. The van der Waals surface area contributed by atoms with Gasteiger partial charge in [-0.25, -0.2) is 18.4 Å². The molecule has 0 atom stereocenters. The average molecular weight is 313 g/mol. The molecule has 5 nitrogen and oxygen atoms in total. The van der Waals surface area contributed by atoms with E-state index in [-0.39, 0.29) is 10.7 Å². The van der Waals surface area contributed by atoms with Crippen molar-refractivity contribution in [1.82, 2.24) is 9.97 Å². The number of nitrogens with zero attached hydrogens (tertiary/aromatic N) is 2. The average Bonchev–Trinajstić information content (AvgIpc) is 2.50. The Bertz CT molecular complexity index is 947. The van der Waals surface area contributed by atoms with Crippen LogP contribution < -0.4 is 4.72 Å². The zero-order valence-corrected chi connectivity index (χ0v) is 13.1. The lowest BCUT2D eigenvalue weighted by molar-refractivity contribution is 0.601. The monoisotopic (exact) mass is 313 g/mol. The molecule has 1 aromatic heterocycles. The van der Waals surface area contributed by atoms with Gasteiger partial charge in [-0.2, -0.15) is 0 Å². The summed E-state index contributed by atoms with van der Waals surface area (Å²) in [5, 5.41) is 0.664. The lowest BCUT2D eigenvalue weighted by atomic mass is 10.1. The number of nitrogens with one attached hydrogen (secondary N) is 1. The van der Waals surface area contributed by atoms with Crippen LogP contribution in [0.4, 0.5) is 5.82 Å². The second kappa shape index (κ2) is 5.38. The van der Waals surface area contributed by atoms with Crippen molar-refractivity contribution in [2.24, 2.45) is 0 Å². The molecule has 1 heterocycles. The van der Waals surface area contributed by atoms with Gasteiger partial charge in [-0.1, -0.05) is 18.2 Å². The lowest BCUT2D eigenvalue weighted by Crippen LogP contribution is -2.14. The zero-order chi connectivity index (χ0) is 15.7. The fourth-order valence-corrected chi connectivity index (χ4v) is 3.27. The molecular weight excluding hydrogens is 298 g/mol.